The van der Waals surface area contributed by atoms with Crippen molar-refractivity contribution in [3.63, 3.8) is 0 Å². The van der Waals surface area contributed by atoms with Crippen LogP contribution in [-0.4, -0.2) is 52.9 Å². The lowest BCUT2D eigenvalue weighted by Gasteiger charge is -2.33. The molecule has 2 saturated heterocycles. The van der Waals surface area contributed by atoms with E-state index in [1.807, 2.05) is 21.6 Å². The SMILES string of the molecule is O=C([C@H]1CCCN1c1ccccc1[N+](=O)[O-])N1CCSCC1. The van der Waals surface area contributed by atoms with Crippen molar-refractivity contribution in [3.8, 4) is 0 Å². The molecule has 2 aliphatic rings. The van der Waals surface area contributed by atoms with Crippen molar-refractivity contribution < 1.29 is 9.72 Å². The van der Waals surface area contributed by atoms with E-state index in [-0.39, 0.29) is 22.6 Å². The topological polar surface area (TPSA) is 66.7 Å². The van der Waals surface area contributed by atoms with Crippen LogP contribution in [0.4, 0.5) is 11.4 Å². The van der Waals surface area contributed by atoms with Gasteiger partial charge in [-0.25, -0.2) is 0 Å². The predicted octanol–water partition coefficient (Wildman–Crippen LogP) is 2.14. The summed E-state index contributed by atoms with van der Waals surface area (Å²) in [6, 6.07) is 6.45. The molecule has 118 valence electrons. The molecule has 1 atom stereocenters. The Labute approximate surface area is 133 Å². The highest BCUT2D eigenvalue weighted by molar-refractivity contribution is 7.99. The third-order valence-electron chi connectivity index (χ3n) is 4.25. The van der Waals surface area contributed by atoms with Crippen LogP contribution in [0.3, 0.4) is 0 Å². The molecule has 0 aromatic heterocycles. The van der Waals surface area contributed by atoms with E-state index in [9.17, 15) is 14.9 Å². The Morgan fingerprint density at radius 1 is 1.23 bits per heavy atom. The molecule has 0 unspecified atom stereocenters. The van der Waals surface area contributed by atoms with E-state index in [0.717, 1.165) is 37.4 Å². The first kappa shape index (κ1) is 15.1. The van der Waals surface area contributed by atoms with Crippen LogP contribution in [0.1, 0.15) is 12.8 Å². The average molecular weight is 321 g/mol. The van der Waals surface area contributed by atoms with Crippen LogP contribution in [0.15, 0.2) is 24.3 Å². The number of hydrogen-bond acceptors (Lipinski definition) is 5. The van der Waals surface area contributed by atoms with E-state index in [1.54, 1.807) is 18.2 Å². The van der Waals surface area contributed by atoms with Crippen LogP contribution in [0.25, 0.3) is 0 Å². The quantitative estimate of drug-likeness (QED) is 0.630. The number of para-hydroxylation sites is 2. The average Bonchev–Trinajstić information content (AvgIpc) is 3.04. The molecule has 6 nitrogen and oxygen atoms in total. The van der Waals surface area contributed by atoms with Gasteiger partial charge in [0.1, 0.15) is 11.7 Å². The van der Waals surface area contributed by atoms with E-state index in [1.165, 1.54) is 6.07 Å². The fourth-order valence-electron chi connectivity index (χ4n) is 3.17. The Bertz CT molecular complexity index is 575. The molecule has 22 heavy (non-hydrogen) atoms. The van der Waals surface area contributed by atoms with Crippen LogP contribution < -0.4 is 4.90 Å². The molecular weight excluding hydrogens is 302 g/mol. The molecule has 1 amide bonds. The van der Waals surface area contributed by atoms with Crippen molar-refractivity contribution in [3.05, 3.63) is 34.4 Å². The fourth-order valence-corrected chi connectivity index (χ4v) is 4.07. The lowest BCUT2D eigenvalue weighted by Crippen LogP contribution is -2.48. The van der Waals surface area contributed by atoms with Crippen LogP contribution >= 0.6 is 11.8 Å². The summed E-state index contributed by atoms with van der Waals surface area (Å²) in [5.41, 5.74) is 0.645. The zero-order valence-electron chi connectivity index (χ0n) is 12.3. The number of amides is 1. The summed E-state index contributed by atoms with van der Waals surface area (Å²) in [4.78, 5) is 27.5. The lowest BCUT2D eigenvalue weighted by molar-refractivity contribution is -0.384. The van der Waals surface area contributed by atoms with Crippen molar-refractivity contribution in [2.75, 3.05) is 36.0 Å². The van der Waals surface area contributed by atoms with Gasteiger partial charge in [-0.15, -0.1) is 0 Å². The Morgan fingerprint density at radius 3 is 2.68 bits per heavy atom. The van der Waals surface area contributed by atoms with Crippen molar-refractivity contribution in [2.24, 2.45) is 0 Å². The van der Waals surface area contributed by atoms with Crippen molar-refractivity contribution in [1.29, 1.82) is 0 Å². The molecule has 2 heterocycles. The predicted molar refractivity (Wildman–Crippen MR) is 87.4 cm³/mol. The lowest BCUT2D eigenvalue weighted by atomic mass is 10.1. The first-order valence-corrected chi connectivity index (χ1v) is 8.70. The number of nitrogens with zero attached hydrogens (tertiary/aromatic N) is 3. The smallest absolute Gasteiger partial charge is 0.292 e. The van der Waals surface area contributed by atoms with Gasteiger partial charge in [0.15, 0.2) is 0 Å². The molecule has 7 heteroatoms. The summed E-state index contributed by atoms with van der Waals surface area (Å²) in [6.07, 6.45) is 1.67. The van der Waals surface area contributed by atoms with E-state index in [2.05, 4.69) is 0 Å². The summed E-state index contributed by atoms with van der Waals surface area (Å²) in [5, 5.41) is 11.2. The van der Waals surface area contributed by atoms with Gasteiger partial charge in [-0.05, 0) is 18.9 Å². The molecule has 1 aromatic rings. The van der Waals surface area contributed by atoms with Gasteiger partial charge >= 0.3 is 0 Å². The zero-order valence-corrected chi connectivity index (χ0v) is 13.1. The molecular formula is C15H19N3O3S. The molecule has 0 radical (unpaired) electrons. The molecule has 2 fully saturated rings. The molecule has 3 rings (SSSR count). The molecule has 0 aliphatic carbocycles. The standard InChI is InChI=1S/C15H19N3O3S/c19-15(16-8-10-22-11-9-16)14-6-3-7-17(14)12-4-1-2-5-13(12)18(20)21/h1-2,4-5,14H,3,6-11H2/t14-/m1/s1. The number of nitro benzene ring substituents is 1. The first-order chi connectivity index (χ1) is 10.7. The Balaban J connectivity index is 1.84. The van der Waals surface area contributed by atoms with Gasteiger partial charge in [-0.1, -0.05) is 12.1 Å². The number of benzene rings is 1. The summed E-state index contributed by atoms with van der Waals surface area (Å²) >= 11 is 1.87. The van der Waals surface area contributed by atoms with E-state index < -0.39 is 0 Å². The van der Waals surface area contributed by atoms with Gasteiger partial charge < -0.3 is 9.80 Å². The Hall–Kier alpha value is -1.76. The third kappa shape index (κ3) is 2.90. The summed E-state index contributed by atoms with van der Waals surface area (Å²) in [5.74, 6) is 2.07. The number of rotatable bonds is 3. The molecule has 0 bridgehead atoms. The highest BCUT2D eigenvalue weighted by Gasteiger charge is 2.36. The highest BCUT2D eigenvalue weighted by Crippen LogP contribution is 2.34. The number of nitro groups is 1. The second-order valence-corrected chi connectivity index (χ2v) is 6.76. The summed E-state index contributed by atoms with van der Waals surface area (Å²) in [7, 11) is 0. The van der Waals surface area contributed by atoms with Gasteiger partial charge in [-0.2, -0.15) is 11.8 Å². The van der Waals surface area contributed by atoms with Crippen LogP contribution in [0.5, 0.6) is 0 Å². The van der Waals surface area contributed by atoms with E-state index in [0.29, 0.717) is 12.2 Å². The maximum Gasteiger partial charge on any atom is 0.292 e. The monoisotopic (exact) mass is 321 g/mol. The third-order valence-corrected chi connectivity index (χ3v) is 5.19. The fraction of sp³-hybridized carbons (Fsp3) is 0.533. The number of hydrogen-bond donors (Lipinski definition) is 0. The van der Waals surface area contributed by atoms with E-state index in [4.69, 9.17) is 0 Å². The molecule has 2 aliphatic heterocycles. The summed E-state index contributed by atoms with van der Waals surface area (Å²) < 4.78 is 0. The van der Waals surface area contributed by atoms with Gasteiger partial charge in [0.25, 0.3) is 5.69 Å². The first-order valence-electron chi connectivity index (χ1n) is 7.55. The number of carbonyl (C=O) groups is 1. The largest absolute Gasteiger partial charge is 0.354 e. The van der Waals surface area contributed by atoms with Crippen LogP contribution in [-0.2, 0) is 4.79 Å². The second kappa shape index (κ2) is 6.56. The summed E-state index contributed by atoms with van der Waals surface area (Å²) in [6.45, 7) is 2.26. The van der Waals surface area contributed by atoms with Gasteiger partial charge in [-0.3, -0.25) is 14.9 Å². The van der Waals surface area contributed by atoms with Gasteiger partial charge in [0, 0.05) is 37.2 Å². The molecule has 0 N–H and O–H groups in total. The Kier molecular flexibility index (Phi) is 4.52. The number of carbonyl (C=O) groups excluding carboxylic acids is 1. The van der Waals surface area contributed by atoms with Gasteiger partial charge in [0.05, 0.1) is 4.92 Å². The number of thioether (sulfide) groups is 1. The zero-order chi connectivity index (χ0) is 15.5. The maximum atomic E-state index is 12.8. The van der Waals surface area contributed by atoms with Crippen molar-refractivity contribution >= 4 is 29.0 Å². The minimum atomic E-state index is -0.368. The molecule has 0 saturated carbocycles. The van der Waals surface area contributed by atoms with Crippen LogP contribution in [0.2, 0.25) is 0 Å². The second-order valence-electron chi connectivity index (χ2n) is 5.53. The molecule has 0 spiro atoms. The minimum absolute atomic E-state index is 0.0800. The van der Waals surface area contributed by atoms with Crippen molar-refractivity contribution in [2.45, 2.75) is 18.9 Å². The van der Waals surface area contributed by atoms with Gasteiger partial charge in [0.2, 0.25) is 5.91 Å². The molecule has 1 aromatic carbocycles. The normalized spacial score (nSPS) is 21.9. The Morgan fingerprint density at radius 2 is 1.95 bits per heavy atom. The van der Waals surface area contributed by atoms with E-state index >= 15 is 0 Å². The maximum absolute atomic E-state index is 12.8. The number of anilines is 1. The van der Waals surface area contributed by atoms with Crippen molar-refractivity contribution in [1.82, 2.24) is 4.90 Å². The minimum Gasteiger partial charge on any atom is -0.354 e. The van der Waals surface area contributed by atoms with Crippen LogP contribution in [0, 0.1) is 10.1 Å². The highest BCUT2D eigenvalue weighted by atomic mass is 32.2.